The van der Waals surface area contributed by atoms with E-state index in [0.29, 0.717) is 23.4 Å². The van der Waals surface area contributed by atoms with E-state index >= 15 is 0 Å². The number of carbonyl (C=O) groups is 2. The first-order valence-corrected chi connectivity index (χ1v) is 11.0. The minimum atomic E-state index is -0.916. The number of benzene rings is 1. The van der Waals surface area contributed by atoms with Gasteiger partial charge in [0.15, 0.2) is 0 Å². The van der Waals surface area contributed by atoms with Gasteiger partial charge in [-0.1, -0.05) is 43.7 Å². The molecule has 5 nitrogen and oxygen atoms in total. The number of thiazole rings is 1. The van der Waals surface area contributed by atoms with Gasteiger partial charge in [0.1, 0.15) is 9.88 Å². The molecule has 28 heavy (non-hydrogen) atoms. The lowest BCUT2D eigenvalue weighted by atomic mass is 10.1. The molecule has 1 aliphatic heterocycles. The molecule has 2 heterocycles. The van der Waals surface area contributed by atoms with E-state index in [9.17, 15) is 14.7 Å². The predicted octanol–water partition coefficient (Wildman–Crippen LogP) is 4.87. The lowest BCUT2D eigenvalue weighted by Crippen LogP contribution is -2.30. The summed E-state index contributed by atoms with van der Waals surface area (Å²) in [5.41, 5.74) is 1.91. The fraction of sp³-hybridized carbons (Fsp3) is 0.500. The number of aromatic nitrogens is 1. The average molecular weight is 401 g/mol. The van der Waals surface area contributed by atoms with Crippen molar-refractivity contribution in [2.45, 2.75) is 64.3 Å². The minimum absolute atomic E-state index is 0.0599. The normalized spacial score (nSPS) is 16.5. The van der Waals surface area contributed by atoms with E-state index in [1.54, 1.807) is 0 Å². The Morgan fingerprint density at radius 1 is 1.21 bits per heavy atom. The molecule has 1 unspecified atom stereocenters. The van der Waals surface area contributed by atoms with Crippen LogP contribution in [0.1, 0.15) is 77.4 Å². The highest BCUT2D eigenvalue weighted by molar-refractivity contribution is 7.13. The highest BCUT2D eigenvalue weighted by Gasteiger charge is 2.33. The SMILES string of the molecule is CCCCC(=O)N1CCCC1c1nc(CCCc2ccccc2)c(C(=O)O)s1. The molecule has 1 saturated heterocycles. The maximum atomic E-state index is 12.5. The van der Waals surface area contributed by atoms with Crippen LogP contribution in [0.25, 0.3) is 0 Å². The maximum absolute atomic E-state index is 12.5. The third-order valence-electron chi connectivity index (χ3n) is 5.23. The second-order valence-corrected chi connectivity index (χ2v) is 8.35. The number of rotatable bonds is 9. The number of carbonyl (C=O) groups excluding carboxylic acids is 1. The fourth-order valence-corrected chi connectivity index (χ4v) is 4.85. The number of carboxylic acids is 1. The van der Waals surface area contributed by atoms with Crippen LogP contribution in [0.4, 0.5) is 0 Å². The maximum Gasteiger partial charge on any atom is 0.347 e. The van der Waals surface area contributed by atoms with E-state index in [-0.39, 0.29) is 11.9 Å². The van der Waals surface area contributed by atoms with Crippen LogP contribution in [0.5, 0.6) is 0 Å². The Morgan fingerprint density at radius 3 is 2.71 bits per heavy atom. The zero-order valence-corrected chi connectivity index (χ0v) is 17.2. The third kappa shape index (κ3) is 4.98. The molecule has 1 atom stereocenters. The summed E-state index contributed by atoms with van der Waals surface area (Å²) in [7, 11) is 0. The molecule has 1 fully saturated rings. The van der Waals surface area contributed by atoms with E-state index in [1.165, 1.54) is 16.9 Å². The molecule has 2 aromatic rings. The van der Waals surface area contributed by atoms with Crippen molar-refractivity contribution in [3.05, 3.63) is 51.5 Å². The second-order valence-electron chi connectivity index (χ2n) is 7.32. The number of aromatic carboxylic acids is 1. The van der Waals surface area contributed by atoms with Gasteiger partial charge < -0.3 is 10.0 Å². The Kier molecular flexibility index (Phi) is 7.20. The second kappa shape index (κ2) is 9.82. The van der Waals surface area contributed by atoms with E-state index < -0.39 is 5.97 Å². The topological polar surface area (TPSA) is 70.5 Å². The highest BCUT2D eigenvalue weighted by atomic mass is 32.1. The molecule has 150 valence electrons. The number of hydrogen-bond acceptors (Lipinski definition) is 4. The van der Waals surface area contributed by atoms with Crippen molar-refractivity contribution in [2.24, 2.45) is 0 Å². The predicted molar refractivity (Wildman–Crippen MR) is 111 cm³/mol. The zero-order chi connectivity index (χ0) is 19.9. The molecular weight excluding hydrogens is 372 g/mol. The lowest BCUT2D eigenvalue weighted by molar-refractivity contribution is -0.132. The Bertz CT molecular complexity index is 803. The molecule has 0 saturated carbocycles. The standard InChI is InChI=1S/C22H28N2O3S/c1-2-3-14-19(25)24-15-8-13-18(24)21-23-17(20(28-21)22(26)27)12-7-11-16-9-5-4-6-10-16/h4-6,9-10,18H,2-3,7-8,11-15H2,1H3,(H,26,27). The number of carboxylic acid groups (broad SMARTS) is 1. The number of amides is 1. The Labute approximate surface area is 170 Å². The van der Waals surface area contributed by atoms with Crippen molar-refractivity contribution in [3.63, 3.8) is 0 Å². The van der Waals surface area contributed by atoms with Crippen molar-refractivity contribution in [1.82, 2.24) is 9.88 Å². The van der Waals surface area contributed by atoms with Crippen LogP contribution in [0.2, 0.25) is 0 Å². The molecule has 6 heteroatoms. The van der Waals surface area contributed by atoms with Gasteiger partial charge in [0.25, 0.3) is 0 Å². The third-order valence-corrected chi connectivity index (χ3v) is 6.42. The van der Waals surface area contributed by atoms with Crippen LogP contribution >= 0.6 is 11.3 Å². The van der Waals surface area contributed by atoms with Crippen LogP contribution < -0.4 is 0 Å². The molecule has 1 aliphatic rings. The van der Waals surface area contributed by atoms with Gasteiger partial charge in [0.2, 0.25) is 5.91 Å². The number of hydrogen-bond donors (Lipinski definition) is 1. The highest BCUT2D eigenvalue weighted by Crippen LogP contribution is 2.36. The number of nitrogens with zero attached hydrogens (tertiary/aromatic N) is 2. The molecule has 1 aromatic heterocycles. The van der Waals surface area contributed by atoms with Gasteiger partial charge >= 0.3 is 5.97 Å². The summed E-state index contributed by atoms with van der Waals surface area (Å²) < 4.78 is 0. The van der Waals surface area contributed by atoms with Crippen LogP contribution in [-0.4, -0.2) is 33.4 Å². The lowest BCUT2D eigenvalue weighted by Gasteiger charge is -2.23. The molecule has 3 rings (SSSR count). The summed E-state index contributed by atoms with van der Waals surface area (Å²) in [6.45, 7) is 2.83. The number of aryl methyl sites for hydroxylation is 2. The van der Waals surface area contributed by atoms with Crippen LogP contribution in [0.15, 0.2) is 30.3 Å². The summed E-state index contributed by atoms with van der Waals surface area (Å²) in [6, 6.07) is 10.1. The van der Waals surface area contributed by atoms with E-state index in [2.05, 4.69) is 19.1 Å². The molecular formula is C22H28N2O3S. The van der Waals surface area contributed by atoms with Crippen molar-refractivity contribution < 1.29 is 14.7 Å². The quantitative estimate of drug-likeness (QED) is 0.652. The van der Waals surface area contributed by atoms with E-state index in [1.807, 2.05) is 23.1 Å². The van der Waals surface area contributed by atoms with Crippen molar-refractivity contribution in [3.8, 4) is 0 Å². The molecule has 1 N–H and O–H groups in total. The van der Waals surface area contributed by atoms with Gasteiger partial charge in [-0.2, -0.15) is 0 Å². The van der Waals surface area contributed by atoms with Gasteiger partial charge in [-0.15, -0.1) is 11.3 Å². The zero-order valence-electron chi connectivity index (χ0n) is 16.4. The van der Waals surface area contributed by atoms with Crippen LogP contribution in [0, 0.1) is 0 Å². The van der Waals surface area contributed by atoms with E-state index in [0.717, 1.165) is 50.1 Å². The number of likely N-dealkylation sites (tertiary alicyclic amines) is 1. The van der Waals surface area contributed by atoms with E-state index in [4.69, 9.17) is 4.98 Å². The monoisotopic (exact) mass is 400 g/mol. The summed E-state index contributed by atoms with van der Waals surface area (Å²) in [5.74, 6) is -0.748. The average Bonchev–Trinajstić information content (AvgIpc) is 3.34. The fourth-order valence-electron chi connectivity index (χ4n) is 3.75. The minimum Gasteiger partial charge on any atom is -0.477 e. The number of unbranched alkanes of at least 4 members (excludes halogenated alkanes) is 1. The molecule has 0 radical (unpaired) electrons. The van der Waals surface area contributed by atoms with Gasteiger partial charge in [0.05, 0.1) is 11.7 Å². The van der Waals surface area contributed by atoms with Crippen molar-refractivity contribution >= 4 is 23.2 Å². The summed E-state index contributed by atoms with van der Waals surface area (Å²) >= 11 is 1.25. The smallest absolute Gasteiger partial charge is 0.347 e. The largest absolute Gasteiger partial charge is 0.477 e. The Morgan fingerprint density at radius 2 is 2.00 bits per heavy atom. The summed E-state index contributed by atoms with van der Waals surface area (Å²) in [5, 5.41) is 10.4. The van der Waals surface area contributed by atoms with Crippen LogP contribution in [0.3, 0.4) is 0 Å². The molecule has 0 bridgehead atoms. The Hall–Kier alpha value is -2.21. The van der Waals surface area contributed by atoms with Crippen molar-refractivity contribution in [1.29, 1.82) is 0 Å². The van der Waals surface area contributed by atoms with Crippen LogP contribution in [-0.2, 0) is 17.6 Å². The molecule has 1 amide bonds. The van der Waals surface area contributed by atoms with Gasteiger partial charge in [-0.25, -0.2) is 9.78 Å². The molecule has 0 spiro atoms. The van der Waals surface area contributed by atoms with Gasteiger partial charge in [0, 0.05) is 13.0 Å². The molecule has 0 aliphatic carbocycles. The van der Waals surface area contributed by atoms with Gasteiger partial charge in [-0.3, -0.25) is 4.79 Å². The summed E-state index contributed by atoms with van der Waals surface area (Å²) in [6.07, 6.45) is 6.68. The van der Waals surface area contributed by atoms with Crippen molar-refractivity contribution in [2.75, 3.05) is 6.54 Å². The molecule has 1 aromatic carbocycles. The van der Waals surface area contributed by atoms with Gasteiger partial charge in [-0.05, 0) is 44.1 Å². The first-order chi connectivity index (χ1) is 13.6. The summed E-state index contributed by atoms with van der Waals surface area (Å²) in [4.78, 5) is 31.2. The first kappa shape index (κ1) is 20.5. The Balaban J connectivity index is 1.70. The first-order valence-electron chi connectivity index (χ1n) is 10.2.